The number of hydrogen-bond acceptors (Lipinski definition) is 6. The van der Waals surface area contributed by atoms with Gasteiger partial charge in [0, 0.05) is 27.9 Å². The molecule has 6 heteroatoms. The zero-order valence-electron chi connectivity index (χ0n) is 4.93. The molecule has 54 valence electrons. The van der Waals surface area contributed by atoms with Crippen LogP contribution in [0.4, 0.5) is 0 Å². The molecule has 0 aromatic carbocycles. The van der Waals surface area contributed by atoms with Crippen molar-refractivity contribution < 1.29 is 4.52 Å². The van der Waals surface area contributed by atoms with Crippen LogP contribution in [0.3, 0.4) is 0 Å². The highest BCUT2D eigenvalue weighted by Crippen LogP contribution is 2.22. The first kappa shape index (κ1) is 7.49. The summed E-state index contributed by atoms with van der Waals surface area (Å²) >= 11 is 0. The largest absolute Gasteiger partial charge is 0.346 e. The minimum atomic E-state index is 1.40. The molecule has 0 spiro atoms. The fraction of sp³-hybridized carbons (Fsp3) is 0. The maximum Gasteiger partial charge on any atom is 0.144 e. The summed E-state index contributed by atoms with van der Waals surface area (Å²) in [6.45, 7) is 0. The summed E-state index contributed by atoms with van der Waals surface area (Å²) in [5.41, 5.74) is 0. The molecule has 1 N–H and O–H groups in total. The van der Waals surface area contributed by atoms with Gasteiger partial charge >= 0.3 is 0 Å². The molecule has 0 saturated carbocycles. The van der Waals surface area contributed by atoms with Crippen LogP contribution in [-0.2, 0) is 0 Å². The number of aromatic nitrogens is 2. The minimum absolute atomic E-state index is 1.40. The number of nitrogens with zero attached hydrogens (tertiary/aromatic N) is 2. The predicted octanol–water partition coefficient (Wildman–Crippen LogP) is 1.43. The lowest BCUT2D eigenvalue weighted by Gasteiger charge is -1.75. The summed E-state index contributed by atoms with van der Waals surface area (Å²) in [6, 6.07) is 0. The van der Waals surface area contributed by atoms with E-state index in [0.29, 0.717) is 0 Å². The first-order chi connectivity index (χ1) is 5.00. The molecular weight excluding hydrogens is 170 g/mol. The molecule has 0 aliphatic carbocycles. The molecule has 2 rings (SSSR count). The average Bonchev–Trinajstić information content (AvgIpc) is 2.67. The van der Waals surface area contributed by atoms with Gasteiger partial charge in [0.25, 0.3) is 0 Å². The average molecular weight is 175 g/mol. The predicted molar refractivity (Wildman–Crippen MR) is 41.8 cm³/mol. The van der Waals surface area contributed by atoms with Crippen molar-refractivity contribution in [2.45, 2.75) is 0 Å². The second-order valence-electron chi connectivity index (χ2n) is 1.19. The van der Waals surface area contributed by atoms with Gasteiger partial charge in [-0.25, -0.2) is 0 Å². The van der Waals surface area contributed by atoms with Crippen LogP contribution in [0.1, 0.15) is 0 Å². The highest BCUT2D eigenvalue weighted by molar-refractivity contribution is 8.77. The maximum absolute atomic E-state index is 4.22. The smallest absolute Gasteiger partial charge is 0.144 e. The van der Waals surface area contributed by atoms with Crippen molar-refractivity contribution in [1.29, 1.82) is 0 Å². The third-order valence-electron chi connectivity index (χ3n) is 0.571. The third-order valence-corrected chi connectivity index (χ3v) is 2.06. The Morgan fingerprint density at radius 1 is 1.50 bits per heavy atom. The Morgan fingerprint density at radius 2 is 2.50 bits per heavy atom. The van der Waals surface area contributed by atoms with Crippen LogP contribution >= 0.6 is 21.8 Å². The van der Waals surface area contributed by atoms with E-state index in [1.54, 1.807) is 21.8 Å². The van der Waals surface area contributed by atoms with E-state index in [1.165, 1.54) is 12.5 Å². The summed E-state index contributed by atoms with van der Waals surface area (Å²) in [5.74, 6) is 0. The standard InChI is InChI=1S/C2H2N2O.C2H3NS2/c1-2-5-4-3-1;1-2-4-5-3-1/h1-2H;1-3H. The molecule has 4 nitrogen and oxygen atoms in total. The van der Waals surface area contributed by atoms with Gasteiger partial charge in [0.2, 0.25) is 0 Å². The Bertz CT molecular complexity index is 153. The van der Waals surface area contributed by atoms with Crippen molar-refractivity contribution in [1.82, 2.24) is 15.1 Å². The molecule has 1 aliphatic rings. The molecule has 0 unspecified atom stereocenters. The molecule has 0 bridgehead atoms. The minimum Gasteiger partial charge on any atom is -0.346 e. The van der Waals surface area contributed by atoms with E-state index in [9.17, 15) is 0 Å². The Hall–Kier alpha value is -0.620. The van der Waals surface area contributed by atoms with Gasteiger partial charge < -0.3 is 9.25 Å². The molecule has 2 heterocycles. The van der Waals surface area contributed by atoms with E-state index in [-0.39, 0.29) is 0 Å². The maximum atomic E-state index is 4.22. The summed E-state index contributed by atoms with van der Waals surface area (Å²) in [6.07, 6.45) is 4.79. The molecule has 1 aliphatic heterocycles. The van der Waals surface area contributed by atoms with Gasteiger partial charge in [-0.3, -0.25) is 0 Å². The summed E-state index contributed by atoms with van der Waals surface area (Å²) in [5, 5.41) is 8.41. The van der Waals surface area contributed by atoms with Gasteiger partial charge in [0.05, 0.1) is 6.20 Å². The molecule has 0 atom stereocenters. The van der Waals surface area contributed by atoms with Gasteiger partial charge in [0.1, 0.15) is 6.26 Å². The zero-order valence-corrected chi connectivity index (χ0v) is 6.56. The monoisotopic (exact) mass is 175 g/mol. The second kappa shape index (κ2) is 5.19. The van der Waals surface area contributed by atoms with E-state index in [2.05, 4.69) is 19.6 Å². The van der Waals surface area contributed by atoms with Crippen molar-refractivity contribution in [2.75, 3.05) is 0 Å². The number of nitrogens with one attached hydrogen (secondary N) is 1. The van der Waals surface area contributed by atoms with E-state index in [0.717, 1.165) is 0 Å². The zero-order chi connectivity index (χ0) is 7.07. The van der Waals surface area contributed by atoms with Crippen LogP contribution in [0.15, 0.2) is 28.6 Å². The Labute approximate surface area is 66.0 Å². The van der Waals surface area contributed by atoms with Gasteiger partial charge in [-0.2, -0.15) is 0 Å². The highest BCUT2D eigenvalue weighted by atomic mass is 33.1. The third kappa shape index (κ3) is 3.41. The summed E-state index contributed by atoms with van der Waals surface area (Å²) < 4.78 is 7.14. The van der Waals surface area contributed by atoms with Crippen LogP contribution in [0.25, 0.3) is 0 Å². The SMILES string of the molecule is C1=CSSN1.c1conn1. The van der Waals surface area contributed by atoms with Crippen molar-refractivity contribution in [3.63, 3.8) is 0 Å². The van der Waals surface area contributed by atoms with Crippen LogP contribution < -0.4 is 4.72 Å². The Balaban J connectivity index is 0.0000001000. The van der Waals surface area contributed by atoms with Crippen molar-refractivity contribution >= 4 is 21.8 Å². The summed E-state index contributed by atoms with van der Waals surface area (Å²) in [4.78, 5) is 0. The first-order valence-corrected chi connectivity index (χ1v) is 4.65. The molecule has 1 aromatic heterocycles. The molecule has 0 radical (unpaired) electrons. The highest BCUT2D eigenvalue weighted by Gasteiger charge is 1.83. The van der Waals surface area contributed by atoms with Gasteiger partial charge in [-0.15, -0.1) is 5.10 Å². The topological polar surface area (TPSA) is 51.0 Å². The van der Waals surface area contributed by atoms with Crippen LogP contribution in [-0.4, -0.2) is 10.4 Å². The second-order valence-corrected chi connectivity index (χ2v) is 3.13. The fourth-order valence-electron chi connectivity index (χ4n) is 0.275. The summed E-state index contributed by atoms with van der Waals surface area (Å²) in [7, 11) is 3.33. The fourth-order valence-corrected chi connectivity index (χ4v) is 1.39. The van der Waals surface area contributed by atoms with Crippen LogP contribution in [0, 0.1) is 0 Å². The van der Waals surface area contributed by atoms with Crippen molar-refractivity contribution in [2.24, 2.45) is 0 Å². The van der Waals surface area contributed by atoms with E-state index >= 15 is 0 Å². The molecular formula is C4H5N3OS2. The van der Waals surface area contributed by atoms with E-state index < -0.39 is 0 Å². The lowest BCUT2D eigenvalue weighted by molar-refractivity contribution is 0.393. The van der Waals surface area contributed by atoms with E-state index in [1.807, 2.05) is 11.6 Å². The number of hydrogen-bond donors (Lipinski definition) is 1. The Kier molecular flexibility index (Phi) is 3.88. The Morgan fingerprint density at radius 3 is 2.70 bits per heavy atom. The van der Waals surface area contributed by atoms with Gasteiger partial charge in [0.15, 0.2) is 0 Å². The van der Waals surface area contributed by atoms with Gasteiger partial charge in [-0.1, -0.05) is 0 Å². The van der Waals surface area contributed by atoms with E-state index in [4.69, 9.17) is 0 Å². The lowest BCUT2D eigenvalue weighted by Crippen LogP contribution is -1.76. The first-order valence-electron chi connectivity index (χ1n) is 2.44. The van der Waals surface area contributed by atoms with Gasteiger partial charge in [-0.05, 0) is 10.8 Å². The van der Waals surface area contributed by atoms with Crippen molar-refractivity contribution in [3.05, 3.63) is 24.1 Å². The molecule has 1 aromatic rings. The molecule has 0 saturated heterocycles. The molecule has 0 amide bonds. The quantitative estimate of drug-likeness (QED) is 0.475. The normalized spacial score (nSPS) is 13.6. The molecule has 10 heavy (non-hydrogen) atoms. The lowest BCUT2D eigenvalue weighted by atomic mass is 11.0. The van der Waals surface area contributed by atoms with Crippen molar-refractivity contribution in [3.8, 4) is 0 Å². The number of rotatable bonds is 0. The molecule has 0 fully saturated rings. The van der Waals surface area contributed by atoms with Crippen LogP contribution in [0.5, 0.6) is 0 Å². The van der Waals surface area contributed by atoms with Crippen LogP contribution in [0.2, 0.25) is 0 Å².